The molecular weight excluding hydrogens is 429 g/mol. The molecule has 33 heavy (non-hydrogen) atoms. The predicted molar refractivity (Wildman–Crippen MR) is 118 cm³/mol. The predicted octanol–water partition coefficient (Wildman–Crippen LogP) is 3.96. The Morgan fingerprint density at radius 1 is 1.12 bits per heavy atom. The lowest BCUT2D eigenvalue weighted by atomic mass is 10.1. The molecule has 4 rings (SSSR count). The first-order valence-corrected chi connectivity index (χ1v) is 10.1. The van der Waals surface area contributed by atoms with Crippen molar-refractivity contribution in [1.82, 2.24) is 9.56 Å². The van der Waals surface area contributed by atoms with Crippen molar-refractivity contribution in [2.45, 2.75) is 27.4 Å². The number of carbonyl (C=O) groups excluding carboxylic acids is 2. The molecule has 0 saturated heterocycles. The number of ether oxygens (including phenoxy) is 1. The summed E-state index contributed by atoms with van der Waals surface area (Å²) in [6, 6.07) is 11.8. The van der Waals surface area contributed by atoms with Gasteiger partial charge in [0.05, 0.1) is 11.3 Å². The van der Waals surface area contributed by atoms with Gasteiger partial charge in [0.2, 0.25) is 0 Å². The second kappa shape index (κ2) is 8.70. The van der Waals surface area contributed by atoms with Crippen LogP contribution in [0, 0.1) is 26.6 Å². The highest BCUT2D eigenvalue weighted by molar-refractivity contribution is 6.05. The number of anilines is 1. The molecule has 0 unspecified atom stereocenters. The molecule has 0 fully saturated rings. The average Bonchev–Trinajstić information content (AvgIpc) is 3.16. The van der Waals surface area contributed by atoms with Crippen LogP contribution >= 0.6 is 0 Å². The number of benzene rings is 2. The lowest BCUT2D eigenvalue weighted by Crippen LogP contribution is -2.16. The molecule has 2 aromatic carbocycles. The lowest BCUT2D eigenvalue weighted by Gasteiger charge is -2.12. The highest BCUT2D eigenvalue weighted by atomic mass is 19.1. The van der Waals surface area contributed by atoms with E-state index in [4.69, 9.17) is 9.26 Å². The fraction of sp³-hybridized carbons (Fsp3) is 0.167. The van der Waals surface area contributed by atoms with Crippen molar-refractivity contribution in [2.24, 2.45) is 0 Å². The van der Waals surface area contributed by atoms with Gasteiger partial charge in [-0.25, -0.2) is 14.2 Å². The third-order valence-electron chi connectivity index (χ3n) is 5.11. The van der Waals surface area contributed by atoms with Gasteiger partial charge in [0.25, 0.3) is 11.5 Å². The summed E-state index contributed by atoms with van der Waals surface area (Å²) in [5, 5.41) is 2.69. The monoisotopic (exact) mass is 449 g/mol. The third kappa shape index (κ3) is 4.52. The maximum absolute atomic E-state index is 13.8. The van der Waals surface area contributed by atoms with E-state index in [0.717, 1.165) is 10.6 Å². The van der Waals surface area contributed by atoms with Crippen LogP contribution in [0.2, 0.25) is 0 Å². The van der Waals surface area contributed by atoms with Crippen molar-refractivity contribution in [1.29, 1.82) is 0 Å². The topological polar surface area (TPSA) is 103 Å². The summed E-state index contributed by atoms with van der Waals surface area (Å²) >= 11 is 0. The fourth-order valence-electron chi connectivity index (χ4n) is 3.29. The molecule has 0 saturated carbocycles. The smallest absolute Gasteiger partial charge is 0.338 e. The molecule has 2 heterocycles. The number of hydrogen-bond donors (Lipinski definition) is 1. The van der Waals surface area contributed by atoms with Gasteiger partial charge in [0.15, 0.2) is 5.65 Å². The number of amides is 1. The first-order chi connectivity index (χ1) is 15.7. The lowest BCUT2D eigenvalue weighted by molar-refractivity contribution is 0.0466. The first-order valence-electron chi connectivity index (χ1n) is 10.1. The molecule has 0 aliphatic carbocycles. The zero-order valence-electron chi connectivity index (χ0n) is 18.1. The SMILES string of the molecule is Cc1cc2nc(COC(=O)c3cccc(NC(=O)c4ccc(C)c(F)c4)c3C)cc(=O)n2o1. The quantitative estimate of drug-likeness (QED) is 0.463. The Morgan fingerprint density at radius 3 is 2.67 bits per heavy atom. The van der Waals surface area contributed by atoms with E-state index >= 15 is 0 Å². The van der Waals surface area contributed by atoms with E-state index in [-0.39, 0.29) is 23.4 Å². The minimum atomic E-state index is -0.643. The van der Waals surface area contributed by atoms with E-state index in [2.05, 4.69) is 10.3 Å². The third-order valence-corrected chi connectivity index (χ3v) is 5.11. The number of aryl methyl sites for hydroxylation is 2. The Hall–Kier alpha value is -4.27. The van der Waals surface area contributed by atoms with Crippen LogP contribution < -0.4 is 10.9 Å². The number of esters is 1. The van der Waals surface area contributed by atoms with Gasteiger partial charge in [0, 0.05) is 23.4 Å². The largest absolute Gasteiger partial charge is 0.456 e. The molecule has 9 heteroatoms. The molecule has 0 aliphatic rings. The van der Waals surface area contributed by atoms with Gasteiger partial charge in [-0.3, -0.25) is 9.59 Å². The van der Waals surface area contributed by atoms with Crippen LogP contribution in [-0.4, -0.2) is 21.4 Å². The van der Waals surface area contributed by atoms with Gasteiger partial charge in [-0.2, -0.15) is 0 Å². The van der Waals surface area contributed by atoms with Crippen molar-refractivity contribution in [3.8, 4) is 0 Å². The summed E-state index contributed by atoms with van der Waals surface area (Å²) in [6.45, 7) is 4.74. The molecule has 1 N–H and O–H groups in total. The number of nitrogens with zero attached hydrogens (tertiary/aromatic N) is 2. The maximum atomic E-state index is 13.8. The van der Waals surface area contributed by atoms with Crippen molar-refractivity contribution in [3.63, 3.8) is 0 Å². The van der Waals surface area contributed by atoms with Crippen LogP contribution in [0.4, 0.5) is 10.1 Å². The molecule has 0 bridgehead atoms. The molecule has 1 amide bonds. The fourth-order valence-corrected chi connectivity index (χ4v) is 3.29. The minimum absolute atomic E-state index is 0.160. The minimum Gasteiger partial charge on any atom is -0.456 e. The van der Waals surface area contributed by atoms with Gasteiger partial charge in [-0.1, -0.05) is 12.1 Å². The van der Waals surface area contributed by atoms with Gasteiger partial charge >= 0.3 is 5.97 Å². The Morgan fingerprint density at radius 2 is 1.91 bits per heavy atom. The summed E-state index contributed by atoms with van der Waals surface area (Å²) in [6.07, 6.45) is 0. The number of halogens is 1. The Balaban J connectivity index is 1.49. The van der Waals surface area contributed by atoms with Crippen LogP contribution in [0.1, 0.15) is 43.3 Å². The second-order valence-electron chi connectivity index (χ2n) is 7.56. The van der Waals surface area contributed by atoms with Crippen molar-refractivity contribution < 1.29 is 23.2 Å². The Kier molecular flexibility index (Phi) is 5.78. The van der Waals surface area contributed by atoms with Crippen LogP contribution in [-0.2, 0) is 11.3 Å². The number of fused-ring (bicyclic) bond motifs is 1. The standard InChI is InChI=1S/C24H20FN3O5/c1-13-7-8-16(10-19(13)25)23(30)27-20-6-4-5-18(15(20)3)24(31)32-12-17-11-22(29)28-21(26-17)9-14(2)33-28/h4-11H,12H2,1-3H3,(H,27,30). The Bertz CT molecular complexity index is 1450. The summed E-state index contributed by atoms with van der Waals surface area (Å²) < 4.78 is 25.4. The molecule has 0 atom stereocenters. The van der Waals surface area contributed by atoms with Crippen LogP contribution in [0.25, 0.3) is 5.65 Å². The van der Waals surface area contributed by atoms with E-state index in [1.165, 1.54) is 18.2 Å². The molecule has 168 valence electrons. The van der Waals surface area contributed by atoms with E-state index in [0.29, 0.717) is 28.2 Å². The molecule has 4 aromatic rings. The normalized spacial score (nSPS) is 10.9. The zero-order chi connectivity index (χ0) is 23.7. The number of hydrogen-bond acceptors (Lipinski definition) is 6. The van der Waals surface area contributed by atoms with Crippen LogP contribution in [0.15, 0.2) is 57.8 Å². The van der Waals surface area contributed by atoms with E-state index in [1.807, 2.05) is 0 Å². The van der Waals surface area contributed by atoms with Crippen molar-refractivity contribution in [3.05, 3.63) is 98.4 Å². The second-order valence-corrected chi connectivity index (χ2v) is 7.56. The Labute approximate surface area is 187 Å². The number of carbonyl (C=O) groups is 2. The molecule has 0 radical (unpaired) electrons. The maximum Gasteiger partial charge on any atom is 0.338 e. The van der Waals surface area contributed by atoms with Crippen LogP contribution in [0.5, 0.6) is 0 Å². The molecular formula is C24H20FN3O5. The summed E-state index contributed by atoms with van der Waals surface area (Å²) in [5.41, 5.74) is 1.88. The summed E-state index contributed by atoms with van der Waals surface area (Å²) in [4.78, 5) is 41.6. The molecule has 2 aromatic heterocycles. The van der Waals surface area contributed by atoms with Crippen LogP contribution in [0.3, 0.4) is 0 Å². The van der Waals surface area contributed by atoms with E-state index in [1.54, 1.807) is 45.0 Å². The number of rotatable bonds is 5. The average molecular weight is 449 g/mol. The van der Waals surface area contributed by atoms with E-state index in [9.17, 15) is 18.8 Å². The highest BCUT2D eigenvalue weighted by Crippen LogP contribution is 2.21. The van der Waals surface area contributed by atoms with Gasteiger partial charge in [-0.05, 0) is 56.2 Å². The van der Waals surface area contributed by atoms with Gasteiger partial charge in [-0.15, -0.1) is 4.57 Å². The first kappa shape index (κ1) is 21.9. The summed E-state index contributed by atoms with van der Waals surface area (Å²) in [7, 11) is 0. The van der Waals surface area contributed by atoms with Crippen molar-refractivity contribution in [2.75, 3.05) is 5.32 Å². The number of aromatic nitrogens is 2. The van der Waals surface area contributed by atoms with Crippen molar-refractivity contribution >= 4 is 23.2 Å². The molecule has 0 aliphatic heterocycles. The zero-order valence-corrected chi connectivity index (χ0v) is 18.1. The van der Waals surface area contributed by atoms with E-state index < -0.39 is 23.3 Å². The van der Waals surface area contributed by atoms with Gasteiger partial charge < -0.3 is 14.6 Å². The van der Waals surface area contributed by atoms with Gasteiger partial charge in [0.1, 0.15) is 18.2 Å². The molecule has 0 spiro atoms. The summed E-state index contributed by atoms with van der Waals surface area (Å²) in [5.74, 6) is -1.10. The highest BCUT2D eigenvalue weighted by Gasteiger charge is 2.17. The molecule has 8 nitrogen and oxygen atoms in total. The number of nitrogens with one attached hydrogen (secondary N) is 1.